The molecule has 0 aliphatic heterocycles. The molecule has 0 saturated carbocycles. The molecule has 2 aromatic rings. The van der Waals surface area contributed by atoms with Crippen molar-refractivity contribution in [3.63, 3.8) is 0 Å². The summed E-state index contributed by atoms with van der Waals surface area (Å²) >= 11 is 0. The van der Waals surface area contributed by atoms with Crippen LogP contribution in [-0.2, 0) is 0 Å². The third kappa shape index (κ3) is 5.56. The molecule has 0 radical (unpaired) electrons. The van der Waals surface area contributed by atoms with Crippen LogP contribution in [0, 0.1) is 5.82 Å². The van der Waals surface area contributed by atoms with E-state index in [-0.39, 0.29) is 5.82 Å². The molecule has 0 aromatic heterocycles. The van der Waals surface area contributed by atoms with E-state index in [1.54, 1.807) is 12.3 Å². The molecule has 4 heteroatoms. The van der Waals surface area contributed by atoms with Crippen LogP contribution in [0.2, 0.25) is 0 Å². The van der Waals surface area contributed by atoms with Crippen LogP contribution in [0.15, 0.2) is 53.6 Å². The van der Waals surface area contributed by atoms with E-state index >= 15 is 0 Å². The molecule has 0 aliphatic carbocycles. The number of hydrazone groups is 1. The fourth-order valence-corrected chi connectivity index (χ4v) is 1.98. The zero-order chi connectivity index (χ0) is 15.6. The smallest absolute Gasteiger partial charge is 0.127 e. The molecule has 0 spiro atoms. The fraction of sp³-hybridized carbons (Fsp3) is 0.278. The van der Waals surface area contributed by atoms with Gasteiger partial charge in [0.15, 0.2) is 0 Å². The summed E-state index contributed by atoms with van der Waals surface area (Å²) in [6.07, 6.45) is 4.81. The van der Waals surface area contributed by atoms with Gasteiger partial charge in [-0.05, 0) is 30.7 Å². The second-order valence-electron chi connectivity index (χ2n) is 5.01. The highest BCUT2D eigenvalue weighted by atomic mass is 19.1. The summed E-state index contributed by atoms with van der Waals surface area (Å²) in [4.78, 5) is 0. The van der Waals surface area contributed by atoms with Gasteiger partial charge >= 0.3 is 0 Å². The molecule has 0 saturated heterocycles. The number of benzene rings is 2. The molecule has 0 unspecified atom stereocenters. The third-order valence-electron chi connectivity index (χ3n) is 3.09. The molecule has 0 fully saturated rings. The first-order valence-electron chi connectivity index (χ1n) is 7.55. The normalized spacial score (nSPS) is 10.8. The van der Waals surface area contributed by atoms with Gasteiger partial charge in [0.05, 0.1) is 18.5 Å². The van der Waals surface area contributed by atoms with Crippen molar-refractivity contribution in [2.24, 2.45) is 5.10 Å². The molecule has 2 aromatic carbocycles. The SMILES string of the molecule is CCCCCOc1cc(F)cc(C=NNc2ccccc2)c1. The van der Waals surface area contributed by atoms with Crippen LogP contribution in [-0.4, -0.2) is 12.8 Å². The summed E-state index contributed by atoms with van der Waals surface area (Å²) in [5, 5.41) is 4.11. The van der Waals surface area contributed by atoms with Crippen LogP contribution < -0.4 is 10.2 Å². The number of halogens is 1. The molecule has 22 heavy (non-hydrogen) atoms. The predicted molar refractivity (Wildman–Crippen MR) is 89.1 cm³/mol. The number of unbranched alkanes of at least 4 members (excludes halogenated alkanes) is 2. The summed E-state index contributed by atoms with van der Waals surface area (Å²) in [7, 11) is 0. The largest absolute Gasteiger partial charge is 0.493 e. The second kappa shape index (κ2) is 8.82. The Morgan fingerprint density at radius 2 is 1.95 bits per heavy atom. The van der Waals surface area contributed by atoms with Crippen LogP contribution in [0.25, 0.3) is 0 Å². The molecule has 116 valence electrons. The van der Waals surface area contributed by atoms with Crippen molar-refractivity contribution >= 4 is 11.9 Å². The molecular formula is C18H21FN2O. The number of anilines is 1. The minimum Gasteiger partial charge on any atom is -0.493 e. The zero-order valence-corrected chi connectivity index (χ0v) is 12.8. The summed E-state index contributed by atoms with van der Waals surface area (Å²) < 4.78 is 19.2. The van der Waals surface area contributed by atoms with Gasteiger partial charge in [0.25, 0.3) is 0 Å². The van der Waals surface area contributed by atoms with E-state index in [0.717, 1.165) is 24.9 Å². The lowest BCUT2D eigenvalue weighted by atomic mass is 10.2. The predicted octanol–water partition coefficient (Wildman–Crippen LogP) is 4.84. The first-order chi connectivity index (χ1) is 10.8. The molecule has 0 atom stereocenters. The van der Waals surface area contributed by atoms with E-state index in [4.69, 9.17) is 4.74 Å². The van der Waals surface area contributed by atoms with Crippen molar-refractivity contribution < 1.29 is 9.13 Å². The zero-order valence-electron chi connectivity index (χ0n) is 12.8. The maximum absolute atomic E-state index is 13.6. The number of hydrogen-bond donors (Lipinski definition) is 1. The van der Waals surface area contributed by atoms with Gasteiger partial charge in [-0.3, -0.25) is 5.43 Å². The lowest BCUT2D eigenvalue weighted by Gasteiger charge is -2.07. The molecule has 0 aliphatic rings. The van der Waals surface area contributed by atoms with Gasteiger partial charge in [0.1, 0.15) is 11.6 Å². The fourth-order valence-electron chi connectivity index (χ4n) is 1.98. The van der Waals surface area contributed by atoms with E-state index in [0.29, 0.717) is 17.9 Å². The summed E-state index contributed by atoms with van der Waals surface area (Å²) in [6, 6.07) is 14.2. The number of nitrogens with one attached hydrogen (secondary N) is 1. The van der Waals surface area contributed by atoms with Crippen LogP contribution >= 0.6 is 0 Å². The Bertz CT molecular complexity index is 599. The average Bonchev–Trinajstić information content (AvgIpc) is 2.52. The van der Waals surface area contributed by atoms with Gasteiger partial charge in [-0.25, -0.2) is 4.39 Å². The van der Waals surface area contributed by atoms with E-state index < -0.39 is 0 Å². The molecular weight excluding hydrogens is 279 g/mol. The van der Waals surface area contributed by atoms with Crippen molar-refractivity contribution in [2.75, 3.05) is 12.0 Å². The average molecular weight is 300 g/mol. The van der Waals surface area contributed by atoms with Crippen LogP contribution in [0.5, 0.6) is 5.75 Å². The van der Waals surface area contributed by atoms with Crippen molar-refractivity contribution in [2.45, 2.75) is 26.2 Å². The van der Waals surface area contributed by atoms with Crippen LogP contribution in [0.3, 0.4) is 0 Å². The molecule has 2 rings (SSSR count). The summed E-state index contributed by atoms with van der Waals surface area (Å²) in [5.74, 6) is 0.214. The van der Waals surface area contributed by atoms with E-state index in [1.165, 1.54) is 12.1 Å². The van der Waals surface area contributed by atoms with Crippen molar-refractivity contribution in [1.29, 1.82) is 0 Å². The highest BCUT2D eigenvalue weighted by Crippen LogP contribution is 2.16. The molecule has 1 N–H and O–H groups in total. The standard InChI is InChI=1S/C18H21FN2O/c1-2-3-7-10-22-18-12-15(11-16(19)13-18)14-20-21-17-8-5-4-6-9-17/h4-6,8-9,11-14,21H,2-3,7,10H2,1H3. The Labute approximate surface area is 130 Å². The highest BCUT2D eigenvalue weighted by molar-refractivity contribution is 5.80. The molecule has 0 bridgehead atoms. The Kier molecular flexibility index (Phi) is 6.42. The van der Waals surface area contributed by atoms with Crippen LogP contribution in [0.1, 0.15) is 31.7 Å². The minimum absolute atomic E-state index is 0.325. The molecule has 3 nitrogen and oxygen atoms in total. The Balaban J connectivity index is 1.94. The molecule has 0 heterocycles. The highest BCUT2D eigenvalue weighted by Gasteiger charge is 2.00. The number of para-hydroxylation sites is 1. The monoisotopic (exact) mass is 300 g/mol. The van der Waals surface area contributed by atoms with Gasteiger partial charge < -0.3 is 4.74 Å². The topological polar surface area (TPSA) is 33.6 Å². The maximum Gasteiger partial charge on any atom is 0.127 e. The van der Waals surface area contributed by atoms with Gasteiger partial charge in [-0.1, -0.05) is 38.0 Å². The Morgan fingerprint density at radius 1 is 1.14 bits per heavy atom. The van der Waals surface area contributed by atoms with Crippen molar-refractivity contribution in [3.05, 3.63) is 59.9 Å². The van der Waals surface area contributed by atoms with Crippen molar-refractivity contribution in [1.82, 2.24) is 0 Å². The maximum atomic E-state index is 13.6. The van der Waals surface area contributed by atoms with Gasteiger partial charge in [0.2, 0.25) is 0 Å². The Morgan fingerprint density at radius 3 is 2.73 bits per heavy atom. The minimum atomic E-state index is -0.325. The van der Waals surface area contributed by atoms with E-state index in [2.05, 4.69) is 17.5 Å². The lowest BCUT2D eigenvalue weighted by Crippen LogP contribution is -1.99. The first-order valence-corrected chi connectivity index (χ1v) is 7.55. The lowest BCUT2D eigenvalue weighted by molar-refractivity contribution is 0.305. The quantitative estimate of drug-likeness (QED) is 0.430. The van der Waals surface area contributed by atoms with Gasteiger partial charge in [-0.15, -0.1) is 0 Å². The van der Waals surface area contributed by atoms with E-state index in [1.807, 2.05) is 30.3 Å². The molecule has 0 amide bonds. The van der Waals surface area contributed by atoms with E-state index in [9.17, 15) is 4.39 Å². The van der Waals surface area contributed by atoms with Gasteiger partial charge in [0, 0.05) is 11.6 Å². The van der Waals surface area contributed by atoms with Crippen LogP contribution in [0.4, 0.5) is 10.1 Å². The van der Waals surface area contributed by atoms with Crippen molar-refractivity contribution in [3.8, 4) is 5.75 Å². The second-order valence-corrected chi connectivity index (χ2v) is 5.01. The third-order valence-corrected chi connectivity index (χ3v) is 3.09. The number of rotatable bonds is 8. The number of nitrogens with zero attached hydrogens (tertiary/aromatic N) is 1. The summed E-state index contributed by atoms with van der Waals surface area (Å²) in [6.45, 7) is 2.74. The first kappa shape index (κ1) is 16.0. The Hall–Kier alpha value is -2.36. The number of ether oxygens (including phenoxy) is 1. The number of hydrogen-bond acceptors (Lipinski definition) is 3. The van der Waals surface area contributed by atoms with Gasteiger partial charge in [-0.2, -0.15) is 5.10 Å². The summed E-state index contributed by atoms with van der Waals surface area (Å²) in [5.41, 5.74) is 4.44.